The van der Waals surface area contributed by atoms with E-state index in [2.05, 4.69) is 15.6 Å². The predicted octanol–water partition coefficient (Wildman–Crippen LogP) is 3.48. The van der Waals surface area contributed by atoms with Gasteiger partial charge in [-0.3, -0.25) is 0 Å². The lowest BCUT2D eigenvalue weighted by molar-refractivity contribution is 0.233. The Morgan fingerprint density at radius 1 is 1.22 bits per heavy atom. The van der Waals surface area contributed by atoms with Gasteiger partial charge in [0.1, 0.15) is 29.1 Å². The highest BCUT2D eigenvalue weighted by Crippen LogP contribution is 2.29. The van der Waals surface area contributed by atoms with Crippen LogP contribution in [0, 0.1) is 6.92 Å². The average molecular weight is 368 g/mol. The van der Waals surface area contributed by atoms with Crippen LogP contribution in [0.5, 0.6) is 5.75 Å². The topological polar surface area (TPSA) is 81.3 Å². The number of para-hydroxylation sites is 1. The highest BCUT2D eigenvalue weighted by Gasteiger charge is 2.24. The van der Waals surface area contributed by atoms with E-state index in [1.807, 2.05) is 68.1 Å². The van der Waals surface area contributed by atoms with Crippen LogP contribution >= 0.6 is 0 Å². The Kier molecular flexibility index (Phi) is 5.49. The minimum Gasteiger partial charge on any atom is -0.496 e. The molecule has 7 heteroatoms. The number of furan rings is 1. The molecule has 2 aromatic heterocycles. The molecule has 3 rings (SSSR count). The predicted molar refractivity (Wildman–Crippen MR) is 102 cm³/mol. The van der Waals surface area contributed by atoms with Crippen molar-refractivity contribution in [2.75, 3.05) is 7.11 Å². The molecule has 2 N–H and O–H groups in total. The fraction of sp³-hybridized carbons (Fsp3) is 0.300. The van der Waals surface area contributed by atoms with Crippen molar-refractivity contribution in [1.29, 1.82) is 0 Å². The van der Waals surface area contributed by atoms with Gasteiger partial charge in [-0.1, -0.05) is 18.2 Å². The molecule has 2 atom stereocenters. The van der Waals surface area contributed by atoms with E-state index in [1.54, 1.807) is 13.3 Å². The van der Waals surface area contributed by atoms with E-state index in [0.717, 1.165) is 11.3 Å². The molecule has 1 aromatic carbocycles. The van der Waals surface area contributed by atoms with Gasteiger partial charge in [-0.05, 0) is 32.0 Å². The van der Waals surface area contributed by atoms with Crippen molar-refractivity contribution in [3.63, 3.8) is 0 Å². The van der Waals surface area contributed by atoms with Crippen molar-refractivity contribution in [3.05, 3.63) is 71.7 Å². The number of nitrogens with one attached hydrogen (secondary N) is 2. The molecule has 0 spiro atoms. The number of nitrogens with zero attached hydrogens (tertiary/aromatic N) is 2. The Hall–Kier alpha value is -3.22. The molecule has 142 valence electrons. The summed E-state index contributed by atoms with van der Waals surface area (Å²) in [5, 5.41) is 5.91. The molecule has 3 aromatic rings. The van der Waals surface area contributed by atoms with Gasteiger partial charge in [-0.15, -0.1) is 0 Å². The maximum Gasteiger partial charge on any atom is 0.316 e. The zero-order valence-corrected chi connectivity index (χ0v) is 15.9. The highest BCUT2D eigenvalue weighted by atomic mass is 16.5. The van der Waals surface area contributed by atoms with Gasteiger partial charge in [0.2, 0.25) is 0 Å². The summed E-state index contributed by atoms with van der Waals surface area (Å²) in [4.78, 5) is 17.1. The van der Waals surface area contributed by atoms with Crippen molar-refractivity contribution < 1.29 is 13.9 Å². The van der Waals surface area contributed by atoms with Crippen LogP contribution in [0.4, 0.5) is 4.79 Å². The van der Waals surface area contributed by atoms with E-state index in [0.29, 0.717) is 17.3 Å². The Morgan fingerprint density at radius 3 is 2.63 bits per heavy atom. The molecular weight excluding hydrogens is 344 g/mol. The van der Waals surface area contributed by atoms with Crippen molar-refractivity contribution in [1.82, 2.24) is 20.2 Å². The largest absolute Gasteiger partial charge is 0.496 e. The number of imidazole rings is 1. The number of methoxy groups -OCH3 is 1. The molecule has 0 aliphatic rings. The van der Waals surface area contributed by atoms with E-state index in [-0.39, 0.29) is 12.1 Å². The van der Waals surface area contributed by atoms with E-state index in [1.165, 1.54) is 0 Å². The molecule has 0 saturated heterocycles. The third-order valence-electron chi connectivity index (χ3n) is 4.38. The van der Waals surface area contributed by atoms with Gasteiger partial charge in [0.25, 0.3) is 0 Å². The standard InChI is InChI=1S/C20H24N4O3/c1-13-9-10-16(27-13)14(2)22-20(25)23-18(19-21-11-12-24(19)3)15-7-5-6-8-17(15)26-4/h5-12,14,18H,1-4H3,(H2,22,23,25). The maximum atomic E-state index is 12.7. The molecule has 2 heterocycles. The number of aromatic nitrogens is 2. The summed E-state index contributed by atoms with van der Waals surface area (Å²) in [6.07, 6.45) is 3.54. The fourth-order valence-electron chi connectivity index (χ4n) is 2.97. The van der Waals surface area contributed by atoms with Gasteiger partial charge >= 0.3 is 6.03 Å². The summed E-state index contributed by atoms with van der Waals surface area (Å²) in [6, 6.07) is 10.2. The van der Waals surface area contributed by atoms with E-state index in [4.69, 9.17) is 9.15 Å². The number of amides is 2. The zero-order valence-electron chi connectivity index (χ0n) is 15.9. The first-order valence-electron chi connectivity index (χ1n) is 8.73. The normalized spacial score (nSPS) is 13.0. The summed E-state index contributed by atoms with van der Waals surface area (Å²) in [5.41, 5.74) is 0.825. The summed E-state index contributed by atoms with van der Waals surface area (Å²) in [6.45, 7) is 3.74. The number of hydrogen-bond acceptors (Lipinski definition) is 4. The minimum atomic E-state index is -0.466. The van der Waals surface area contributed by atoms with Crippen molar-refractivity contribution in [3.8, 4) is 5.75 Å². The SMILES string of the molecule is COc1ccccc1C(NC(=O)NC(C)c1ccc(C)o1)c1nccn1C. The Labute approximate surface area is 158 Å². The molecule has 0 radical (unpaired) electrons. The number of rotatable bonds is 6. The molecular formula is C20H24N4O3. The van der Waals surface area contributed by atoms with Crippen LogP contribution in [0.2, 0.25) is 0 Å². The van der Waals surface area contributed by atoms with Crippen LogP contribution in [-0.2, 0) is 7.05 Å². The third kappa shape index (κ3) is 4.13. The van der Waals surface area contributed by atoms with Crippen LogP contribution < -0.4 is 15.4 Å². The van der Waals surface area contributed by atoms with Gasteiger partial charge < -0.3 is 24.4 Å². The Bertz CT molecular complexity index is 915. The lowest BCUT2D eigenvalue weighted by atomic mass is 10.0. The molecule has 2 amide bonds. The molecule has 27 heavy (non-hydrogen) atoms. The molecule has 0 saturated carbocycles. The van der Waals surface area contributed by atoms with Gasteiger partial charge in [0, 0.05) is 25.0 Å². The van der Waals surface area contributed by atoms with Crippen molar-refractivity contribution >= 4 is 6.03 Å². The fourth-order valence-corrected chi connectivity index (χ4v) is 2.97. The molecule has 0 fully saturated rings. The van der Waals surface area contributed by atoms with Crippen molar-refractivity contribution in [2.24, 2.45) is 7.05 Å². The van der Waals surface area contributed by atoms with Crippen LogP contribution in [0.3, 0.4) is 0 Å². The molecule has 0 aliphatic carbocycles. The van der Waals surface area contributed by atoms with Crippen molar-refractivity contribution in [2.45, 2.75) is 25.9 Å². The number of aryl methyl sites for hydroxylation is 2. The van der Waals surface area contributed by atoms with Crippen LogP contribution in [0.1, 0.15) is 41.9 Å². The maximum absolute atomic E-state index is 12.7. The number of hydrogen-bond donors (Lipinski definition) is 2. The summed E-state index contributed by atoms with van der Waals surface area (Å²) in [7, 11) is 3.49. The lowest BCUT2D eigenvalue weighted by Gasteiger charge is -2.22. The minimum absolute atomic E-state index is 0.265. The summed E-state index contributed by atoms with van der Waals surface area (Å²) >= 11 is 0. The van der Waals surface area contributed by atoms with Gasteiger partial charge in [0.15, 0.2) is 0 Å². The second-order valence-electron chi connectivity index (χ2n) is 6.36. The van der Waals surface area contributed by atoms with Gasteiger partial charge in [-0.2, -0.15) is 0 Å². The monoisotopic (exact) mass is 368 g/mol. The Balaban J connectivity index is 1.83. The van der Waals surface area contributed by atoms with Gasteiger partial charge in [-0.25, -0.2) is 9.78 Å². The van der Waals surface area contributed by atoms with Crippen LogP contribution in [-0.4, -0.2) is 22.7 Å². The second kappa shape index (κ2) is 7.99. The number of ether oxygens (including phenoxy) is 1. The first-order chi connectivity index (χ1) is 13.0. The highest BCUT2D eigenvalue weighted by molar-refractivity contribution is 5.75. The Morgan fingerprint density at radius 2 is 2.00 bits per heavy atom. The van der Waals surface area contributed by atoms with E-state index >= 15 is 0 Å². The molecule has 2 unspecified atom stereocenters. The van der Waals surface area contributed by atoms with Crippen LogP contribution in [0.15, 0.2) is 53.2 Å². The van der Waals surface area contributed by atoms with E-state index < -0.39 is 6.04 Å². The zero-order chi connectivity index (χ0) is 19.4. The molecule has 0 aliphatic heterocycles. The first-order valence-corrected chi connectivity index (χ1v) is 8.73. The summed E-state index contributed by atoms with van der Waals surface area (Å²) in [5.74, 6) is 2.89. The summed E-state index contributed by atoms with van der Waals surface area (Å²) < 4.78 is 12.9. The number of carbonyl (C=O) groups is 1. The average Bonchev–Trinajstić information content (AvgIpc) is 3.28. The smallest absolute Gasteiger partial charge is 0.316 e. The number of carbonyl (C=O) groups excluding carboxylic acids is 1. The molecule has 7 nitrogen and oxygen atoms in total. The first kappa shape index (κ1) is 18.6. The number of benzene rings is 1. The lowest BCUT2D eigenvalue weighted by Crippen LogP contribution is -2.40. The second-order valence-corrected chi connectivity index (χ2v) is 6.36. The van der Waals surface area contributed by atoms with Gasteiger partial charge in [0.05, 0.1) is 13.2 Å². The molecule has 0 bridgehead atoms. The van der Waals surface area contributed by atoms with Crippen LogP contribution in [0.25, 0.3) is 0 Å². The quantitative estimate of drug-likeness (QED) is 0.698. The number of urea groups is 1. The van der Waals surface area contributed by atoms with E-state index in [9.17, 15) is 4.79 Å². The third-order valence-corrected chi connectivity index (χ3v) is 4.38.